The number of amides is 1. The van der Waals surface area contributed by atoms with E-state index in [2.05, 4.69) is 5.32 Å². The molecule has 5 fully saturated rings. The lowest BCUT2D eigenvalue weighted by molar-refractivity contribution is -0.150. The summed E-state index contributed by atoms with van der Waals surface area (Å²) in [7, 11) is 0. The molecule has 1 atom stereocenters. The Bertz CT molecular complexity index is 1130. The molecular formula is C28H33F2NO4S. The number of hydrogen-bond acceptors (Lipinski definition) is 4. The maximum Gasteiger partial charge on any atom is 0.326 e. The normalized spacial score (nSPS) is 31.9. The van der Waals surface area contributed by atoms with Crippen LogP contribution in [0, 0.1) is 29.1 Å². The summed E-state index contributed by atoms with van der Waals surface area (Å²) in [5, 5.41) is 15.9. The van der Waals surface area contributed by atoms with Crippen LogP contribution < -0.4 is 10.1 Å². The number of carbonyl (C=O) groups excluding carboxylic acids is 1. The van der Waals surface area contributed by atoms with Crippen molar-refractivity contribution in [3.63, 3.8) is 0 Å². The minimum absolute atomic E-state index is 0.00761. The van der Waals surface area contributed by atoms with Crippen LogP contribution >= 0.6 is 11.3 Å². The van der Waals surface area contributed by atoms with E-state index in [0.717, 1.165) is 29.3 Å². The number of carboxylic acids is 1. The third-order valence-corrected chi connectivity index (χ3v) is 10.2. The summed E-state index contributed by atoms with van der Waals surface area (Å²) in [6, 6.07) is 4.54. The molecule has 8 heteroatoms. The van der Waals surface area contributed by atoms with E-state index in [4.69, 9.17) is 4.74 Å². The molecule has 1 heterocycles. The Hall–Kier alpha value is -2.22. The van der Waals surface area contributed by atoms with Gasteiger partial charge in [0, 0.05) is 28.3 Å². The van der Waals surface area contributed by atoms with Crippen LogP contribution in [-0.2, 0) is 4.79 Å². The van der Waals surface area contributed by atoms with E-state index in [1.807, 2.05) is 17.5 Å². The molecule has 5 saturated carbocycles. The van der Waals surface area contributed by atoms with E-state index in [1.54, 1.807) is 6.07 Å². The second-order valence-electron chi connectivity index (χ2n) is 11.9. The maximum absolute atomic E-state index is 13.6. The van der Waals surface area contributed by atoms with Crippen molar-refractivity contribution in [2.45, 2.75) is 76.2 Å². The van der Waals surface area contributed by atoms with Crippen molar-refractivity contribution < 1.29 is 28.2 Å². The Morgan fingerprint density at radius 2 is 1.69 bits per heavy atom. The van der Waals surface area contributed by atoms with E-state index < -0.39 is 23.8 Å². The largest absolute Gasteiger partial charge is 0.492 e. The van der Waals surface area contributed by atoms with Gasteiger partial charge in [0.25, 0.3) is 5.91 Å². The number of thiophene rings is 1. The molecule has 4 bridgehead atoms. The average molecular weight is 518 g/mol. The highest BCUT2D eigenvalue weighted by atomic mass is 32.1. The fraction of sp³-hybridized carbons (Fsp3) is 0.643. The summed E-state index contributed by atoms with van der Waals surface area (Å²) in [4.78, 5) is 26.1. The van der Waals surface area contributed by atoms with Gasteiger partial charge >= 0.3 is 5.97 Å². The number of hydrogen-bond donors (Lipinski definition) is 2. The number of halogens is 2. The first-order valence-electron chi connectivity index (χ1n) is 13.3. The van der Waals surface area contributed by atoms with E-state index in [1.165, 1.54) is 30.6 Å². The van der Waals surface area contributed by atoms with Gasteiger partial charge in [0.2, 0.25) is 5.92 Å². The van der Waals surface area contributed by atoms with Crippen LogP contribution in [0.15, 0.2) is 23.6 Å². The number of nitrogens with one attached hydrogen (secondary N) is 1. The Balaban J connectivity index is 1.24. The van der Waals surface area contributed by atoms with Gasteiger partial charge in [-0.3, -0.25) is 4.79 Å². The Morgan fingerprint density at radius 3 is 2.31 bits per heavy atom. The number of fused-ring (bicyclic) bond motifs is 1. The van der Waals surface area contributed by atoms with E-state index >= 15 is 0 Å². The highest BCUT2D eigenvalue weighted by molar-refractivity contribution is 7.17. The summed E-state index contributed by atoms with van der Waals surface area (Å²) in [6.07, 6.45) is 6.70. The summed E-state index contributed by atoms with van der Waals surface area (Å²) in [5.41, 5.74) is -0.0603. The van der Waals surface area contributed by atoms with Crippen LogP contribution in [0.25, 0.3) is 10.1 Å². The van der Waals surface area contributed by atoms with Crippen LogP contribution in [0.1, 0.15) is 74.6 Å². The number of ether oxygens (including phenoxy) is 1. The second-order valence-corrected chi connectivity index (χ2v) is 12.9. The van der Waals surface area contributed by atoms with E-state index in [-0.39, 0.29) is 30.8 Å². The molecule has 1 aromatic heterocycles. The van der Waals surface area contributed by atoms with Crippen molar-refractivity contribution in [1.29, 1.82) is 0 Å². The summed E-state index contributed by atoms with van der Waals surface area (Å²) < 4.78 is 34.3. The van der Waals surface area contributed by atoms with Gasteiger partial charge in [0.1, 0.15) is 11.8 Å². The number of aliphatic carboxylic acids is 1. The molecule has 0 radical (unpaired) electrons. The van der Waals surface area contributed by atoms with Crippen LogP contribution in [-0.4, -0.2) is 35.6 Å². The number of benzene rings is 1. The standard InChI is InChI=1S/C28H33F2NO4S/c29-28(30)6-3-16(4-7-28)15-35-23-20-5-8-36-22(20)2-1-21(23)25(32)31-24(26(33)34)27-12-17-9-18(13-27)11-19(10-17)14-27/h1-2,5,8,16-19,24H,3-4,6-7,9-15H2,(H,31,32)(H,33,34). The zero-order chi connectivity index (χ0) is 25.1. The lowest BCUT2D eigenvalue weighted by atomic mass is 9.47. The highest BCUT2D eigenvalue weighted by Gasteiger charge is 2.56. The molecule has 2 aromatic rings. The van der Waals surface area contributed by atoms with E-state index in [9.17, 15) is 23.5 Å². The molecule has 36 heavy (non-hydrogen) atoms. The van der Waals surface area contributed by atoms with Gasteiger partial charge in [0.15, 0.2) is 0 Å². The minimum atomic E-state index is -2.60. The van der Waals surface area contributed by atoms with Crippen LogP contribution in [0.2, 0.25) is 0 Å². The molecule has 0 spiro atoms. The first kappa shape index (κ1) is 24.1. The third-order valence-electron chi connectivity index (χ3n) is 9.35. The fourth-order valence-corrected chi connectivity index (χ4v) is 8.82. The quantitative estimate of drug-likeness (QED) is 0.439. The molecule has 1 amide bonds. The molecule has 5 aliphatic carbocycles. The van der Waals surface area contributed by atoms with Gasteiger partial charge in [-0.1, -0.05) is 0 Å². The minimum Gasteiger partial charge on any atom is -0.492 e. The molecule has 2 N–H and O–H groups in total. The fourth-order valence-electron chi connectivity index (χ4n) is 8.04. The molecular weight excluding hydrogens is 484 g/mol. The van der Waals surface area contributed by atoms with Crippen molar-refractivity contribution >= 4 is 33.3 Å². The predicted molar refractivity (Wildman–Crippen MR) is 134 cm³/mol. The van der Waals surface area contributed by atoms with Crippen LogP contribution in [0.3, 0.4) is 0 Å². The van der Waals surface area contributed by atoms with Gasteiger partial charge in [-0.15, -0.1) is 11.3 Å². The highest BCUT2D eigenvalue weighted by Crippen LogP contribution is 2.61. The molecule has 1 unspecified atom stereocenters. The predicted octanol–water partition coefficient (Wildman–Crippen LogP) is 6.51. The van der Waals surface area contributed by atoms with Gasteiger partial charge in [0.05, 0.1) is 12.2 Å². The number of rotatable bonds is 7. The summed E-state index contributed by atoms with van der Waals surface area (Å²) in [6.45, 7) is 0.267. The first-order chi connectivity index (χ1) is 17.2. The lowest BCUT2D eigenvalue weighted by Gasteiger charge is -2.58. The van der Waals surface area contributed by atoms with Gasteiger partial charge in [-0.2, -0.15) is 0 Å². The Morgan fingerprint density at radius 1 is 1.06 bits per heavy atom. The lowest BCUT2D eigenvalue weighted by Crippen LogP contribution is -2.59. The smallest absolute Gasteiger partial charge is 0.326 e. The first-order valence-corrected chi connectivity index (χ1v) is 14.1. The molecule has 5 nitrogen and oxygen atoms in total. The Kier molecular flexibility index (Phi) is 6.01. The van der Waals surface area contributed by atoms with Gasteiger partial charge < -0.3 is 15.2 Å². The van der Waals surface area contributed by atoms with Crippen molar-refractivity contribution in [3.05, 3.63) is 29.1 Å². The van der Waals surface area contributed by atoms with Gasteiger partial charge in [-0.25, -0.2) is 13.6 Å². The molecule has 194 valence electrons. The van der Waals surface area contributed by atoms with E-state index in [0.29, 0.717) is 41.9 Å². The number of carboxylic acid groups (broad SMARTS) is 1. The topological polar surface area (TPSA) is 75.6 Å². The average Bonchev–Trinajstić information content (AvgIpc) is 3.29. The maximum atomic E-state index is 13.6. The van der Waals surface area contributed by atoms with Crippen molar-refractivity contribution in [3.8, 4) is 5.75 Å². The second kappa shape index (κ2) is 8.96. The number of carbonyl (C=O) groups is 2. The molecule has 5 aliphatic rings. The van der Waals surface area contributed by atoms with Gasteiger partial charge in [-0.05, 0) is 98.6 Å². The SMILES string of the molecule is O=C(NC(C(=O)O)C12CC3CC(CC(C3)C1)C2)c1ccc2sccc2c1OCC1CCC(F)(F)CC1. The monoisotopic (exact) mass is 517 g/mol. The zero-order valence-corrected chi connectivity index (χ0v) is 21.1. The summed E-state index contributed by atoms with van der Waals surface area (Å²) in [5.74, 6) is -1.86. The summed E-state index contributed by atoms with van der Waals surface area (Å²) >= 11 is 1.54. The molecule has 7 rings (SSSR count). The number of alkyl halides is 2. The van der Waals surface area contributed by atoms with Crippen molar-refractivity contribution in [2.24, 2.45) is 29.1 Å². The van der Waals surface area contributed by atoms with Crippen LogP contribution in [0.5, 0.6) is 5.75 Å². The van der Waals surface area contributed by atoms with Crippen molar-refractivity contribution in [2.75, 3.05) is 6.61 Å². The Labute approximate surface area is 213 Å². The zero-order valence-electron chi connectivity index (χ0n) is 20.3. The molecule has 0 saturated heterocycles. The molecule has 0 aliphatic heterocycles. The van der Waals surface area contributed by atoms with Crippen molar-refractivity contribution in [1.82, 2.24) is 5.32 Å². The third kappa shape index (κ3) is 4.39. The van der Waals surface area contributed by atoms with Crippen LogP contribution in [0.4, 0.5) is 8.78 Å². The molecule has 1 aromatic carbocycles.